The first-order chi connectivity index (χ1) is 8.77. The third kappa shape index (κ3) is 4.32. The van der Waals surface area contributed by atoms with Gasteiger partial charge in [0.25, 0.3) is 0 Å². The van der Waals surface area contributed by atoms with Gasteiger partial charge in [0.1, 0.15) is 16.5 Å². The van der Waals surface area contributed by atoms with E-state index in [1.54, 1.807) is 18.7 Å². The number of hydrogen-bond acceptors (Lipinski definition) is 4. The third-order valence-electron chi connectivity index (χ3n) is 2.45. The van der Waals surface area contributed by atoms with Gasteiger partial charge in [0.2, 0.25) is 10.0 Å². The molecule has 0 aliphatic carbocycles. The first-order valence-electron chi connectivity index (χ1n) is 5.53. The Balaban J connectivity index is 2.98. The molecule has 1 aromatic rings. The van der Waals surface area contributed by atoms with Crippen molar-refractivity contribution in [3.63, 3.8) is 0 Å². The fraction of sp³-hybridized carbons (Fsp3) is 0.455. The van der Waals surface area contributed by atoms with Gasteiger partial charge in [-0.1, -0.05) is 0 Å². The highest BCUT2D eigenvalue weighted by Gasteiger charge is 2.22. The molecule has 1 unspecified atom stereocenters. The van der Waals surface area contributed by atoms with E-state index in [2.05, 4.69) is 4.72 Å². The van der Waals surface area contributed by atoms with Gasteiger partial charge in [-0.2, -0.15) is 11.8 Å². The van der Waals surface area contributed by atoms with Gasteiger partial charge in [-0.25, -0.2) is 21.9 Å². The largest absolute Gasteiger partial charge is 0.396 e. The van der Waals surface area contributed by atoms with Crippen molar-refractivity contribution in [2.75, 3.05) is 17.7 Å². The van der Waals surface area contributed by atoms with Crippen molar-refractivity contribution >= 4 is 27.5 Å². The van der Waals surface area contributed by atoms with Gasteiger partial charge in [-0.3, -0.25) is 0 Å². The average Bonchev–Trinajstić information content (AvgIpc) is 2.30. The van der Waals surface area contributed by atoms with E-state index in [-0.39, 0.29) is 6.04 Å². The topological polar surface area (TPSA) is 72.2 Å². The number of nitrogen functional groups attached to an aromatic ring is 1. The van der Waals surface area contributed by atoms with Crippen molar-refractivity contribution in [1.29, 1.82) is 0 Å². The molecule has 4 nitrogen and oxygen atoms in total. The summed E-state index contributed by atoms with van der Waals surface area (Å²) in [7, 11) is -4.04. The molecule has 0 saturated heterocycles. The molecule has 1 atom stereocenters. The second-order valence-electron chi connectivity index (χ2n) is 4.11. The minimum Gasteiger partial charge on any atom is -0.396 e. The smallest absolute Gasteiger partial charge is 0.243 e. The van der Waals surface area contributed by atoms with Crippen molar-refractivity contribution in [3.05, 3.63) is 23.8 Å². The molecule has 0 aliphatic heterocycles. The van der Waals surface area contributed by atoms with Crippen LogP contribution in [0.25, 0.3) is 0 Å². The molecule has 0 aromatic heterocycles. The van der Waals surface area contributed by atoms with Crippen LogP contribution in [0.4, 0.5) is 14.5 Å². The van der Waals surface area contributed by atoms with E-state index in [9.17, 15) is 17.2 Å². The van der Waals surface area contributed by atoms with Gasteiger partial charge in [0, 0.05) is 12.1 Å². The van der Waals surface area contributed by atoms with Gasteiger partial charge in [-0.05, 0) is 31.4 Å². The van der Waals surface area contributed by atoms with Crippen LogP contribution in [0.3, 0.4) is 0 Å². The number of hydrogen-bond donors (Lipinski definition) is 2. The molecule has 0 aliphatic rings. The van der Waals surface area contributed by atoms with Gasteiger partial charge in [0.15, 0.2) is 0 Å². The second kappa shape index (κ2) is 6.53. The zero-order valence-corrected chi connectivity index (χ0v) is 12.2. The van der Waals surface area contributed by atoms with Crippen LogP contribution in [-0.4, -0.2) is 26.5 Å². The standard InChI is InChI=1S/C11H16F2N2O2S2/c1-7(3-4-18-2)15-19(16,17)11-6-10(14)8(12)5-9(11)13/h5-7,15H,3-4,14H2,1-2H3. The van der Waals surface area contributed by atoms with Crippen LogP contribution in [0.2, 0.25) is 0 Å². The summed E-state index contributed by atoms with van der Waals surface area (Å²) in [4.78, 5) is -0.637. The number of anilines is 1. The maximum Gasteiger partial charge on any atom is 0.243 e. The van der Waals surface area contributed by atoms with Crippen molar-refractivity contribution in [2.24, 2.45) is 0 Å². The highest BCUT2D eigenvalue weighted by Crippen LogP contribution is 2.21. The maximum absolute atomic E-state index is 13.5. The van der Waals surface area contributed by atoms with E-state index < -0.39 is 32.2 Å². The molecule has 0 heterocycles. The van der Waals surface area contributed by atoms with Crippen molar-refractivity contribution in [2.45, 2.75) is 24.3 Å². The molecule has 8 heteroatoms. The van der Waals surface area contributed by atoms with Crippen LogP contribution in [0, 0.1) is 11.6 Å². The molecule has 0 spiro atoms. The van der Waals surface area contributed by atoms with Gasteiger partial charge < -0.3 is 5.73 Å². The summed E-state index contributed by atoms with van der Waals surface area (Å²) in [6.07, 6.45) is 2.51. The zero-order valence-electron chi connectivity index (χ0n) is 10.6. The molecular weight excluding hydrogens is 294 g/mol. The fourth-order valence-electron chi connectivity index (χ4n) is 1.43. The molecule has 1 aromatic carbocycles. The van der Waals surface area contributed by atoms with Crippen molar-refractivity contribution < 1.29 is 17.2 Å². The van der Waals surface area contributed by atoms with Gasteiger partial charge >= 0.3 is 0 Å². The third-order valence-corrected chi connectivity index (χ3v) is 4.70. The number of sulfonamides is 1. The van der Waals surface area contributed by atoms with Crippen molar-refractivity contribution in [1.82, 2.24) is 4.72 Å². The van der Waals surface area contributed by atoms with Crippen LogP contribution in [-0.2, 0) is 10.0 Å². The lowest BCUT2D eigenvalue weighted by molar-refractivity contribution is 0.533. The SMILES string of the molecule is CSCCC(C)NS(=O)(=O)c1cc(N)c(F)cc1F. The van der Waals surface area contributed by atoms with Gasteiger partial charge in [-0.15, -0.1) is 0 Å². The van der Waals surface area contributed by atoms with Crippen molar-refractivity contribution in [3.8, 4) is 0 Å². The Labute approximate surface area is 115 Å². The molecule has 108 valence electrons. The number of benzene rings is 1. The molecule has 3 N–H and O–H groups in total. The Morgan fingerprint density at radius 3 is 2.58 bits per heavy atom. The predicted molar refractivity (Wildman–Crippen MR) is 73.6 cm³/mol. The lowest BCUT2D eigenvalue weighted by Crippen LogP contribution is -2.33. The fourth-order valence-corrected chi connectivity index (χ4v) is 3.39. The normalized spacial score (nSPS) is 13.5. The summed E-state index contributed by atoms with van der Waals surface area (Å²) in [5.41, 5.74) is 4.86. The monoisotopic (exact) mass is 310 g/mol. The summed E-state index contributed by atoms with van der Waals surface area (Å²) in [5, 5.41) is 0. The summed E-state index contributed by atoms with van der Waals surface area (Å²) in [6, 6.07) is 0.910. The van der Waals surface area contributed by atoms with E-state index in [0.29, 0.717) is 12.5 Å². The van der Waals surface area contributed by atoms with Crippen LogP contribution in [0.1, 0.15) is 13.3 Å². The Kier molecular flexibility index (Phi) is 5.57. The summed E-state index contributed by atoms with van der Waals surface area (Å²) in [5.74, 6) is -1.36. The first-order valence-corrected chi connectivity index (χ1v) is 8.41. The van der Waals surface area contributed by atoms with E-state index in [1.165, 1.54) is 0 Å². The van der Waals surface area contributed by atoms with E-state index in [1.807, 2.05) is 6.26 Å². The predicted octanol–water partition coefficient (Wildman–Crippen LogP) is 1.97. The number of halogens is 2. The number of nitrogens with two attached hydrogens (primary N) is 1. The maximum atomic E-state index is 13.5. The first kappa shape index (κ1) is 16.2. The summed E-state index contributed by atoms with van der Waals surface area (Å²) in [6.45, 7) is 1.68. The van der Waals surface area contributed by atoms with Crippen LogP contribution >= 0.6 is 11.8 Å². The van der Waals surface area contributed by atoms with E-state index in [0.717, 1.165) is 11.8 Å². The molecule has 0 bridgehead atoms. The number of nitrogens with one attached hydrogen (secondary N) is 1. The Morgan fingerprint density at radius 2 is 2.00 bits per heavy atom. The Morgan fingerprint density at radius 1 is 1.37 bits per heavy atom. The van der Waals surface area contributed by atoms with E-state index >= 15 is 0 Å². The molecule has 0 amide bonds. The lowest BCUT2D eigenvalue weighted by Gasteiger charge is -2.14. The molecule has 0 radical (unpaired) electrons. The van der Waals surface area contributed by atoms with Crippen LogP contribution in [0.5, 0.6) is 0 Å². The lowest BCUT2D eigenvalue weighted by atomic mass is 10.3. The van der Waals surface area contributed by atoms with Gasteiger partial charge in [0.05, 0.1) is 5.69 Å². The minimum absolute atomic E-state index is 0.344. The molecule has 1 rings (SSSR count). The Bertz CT molecular complexity index is 550. The number of rotatable bonds is 6. The van der Waals surface area contributed by atoms with E-state index in [4.69, 9.17) is 5.73 Å². The molecular formula is C11H16F2N2O2S2. The zero-order chi connectivity index (χ0) is 14.6. The minimum atomic E-state index is -4.04. The summed E-state index contributed by atoms with van der Waals surface area (Å²) < 4.78 is 52.7. The van der Waals surface area contributed by atoms with Crippen LogP contribution < -0.4 is 10.5 Å². The molecule has 19 heavy (non-hydrogen) atoms. The summed E-state index contributed by atoms with van der Waals surface area (Å²) >= 11 is 1.58. The highest BCUT2D eigenvalue weighted by atomic mass is 32.2. The Hall–Kier alpha value is -0.860. The quantitative estimate of drug-likeness (QED) is 0.788. The molecule has 0 fully saturated rings. The highest BCUT2D eigenvalue weighted by molar-refractivity contribution is 7.98. The van der Waals surface area contributed by atoms with Crippen LogP contribution in [0.15, 0.2) is 17.0 Å². The number of thioether (sulfide) groups is 1. The second-order valence-corrected chi connectivity index (χ2v) is 6.78. The molecule has 0 saturated carbocycles. The average molecular weight is 310 g/mol.